The molecule has 53 valence electrons. The molecule has 9 heavy (non-hydrogen) atoms. The van der Waals surface area contributed by atoms with E-state index < -0.39 is 22.5 Å². The molecule has 0 unspecified atom stereocenters. The van der Waals surface area contributed by atoms with Crippen LogP contribution in [0.1, 0.15) is 6.42 Å². The van der Waals surface area contributed by atoms with Gasteiger partial charge in [0.25, 0.3) is 10.1 Å². The Morgan fingerprint density at radius 1 is 1.56 bits per heavy atom. The summed E-state index contributed by atoms with van der Waals surface area (Å²) in [6.07, 6.45) is -0.682. The molecule has 0 atom stereocenters. The fourth-order valence-corrected chi connectivity index (χ4v) is 0.530. The van der Waals surface area contributed by atoms with E-state index in [1.807, 2.05) is 0 Å². The van der Waals surface area contributed by atoms with Crippen molar-refractivity contribution in [2.45, 2.75) is 6.42 Å². The number of carboxylic acid groups (broad SMARTS) is 1. The molecule has 0 rings (SSSR count). The minimum absolute atomic E-state index is 0.315. The van der Waals surface area contributed by atoms with Gasteiger partial charge in [-0.15, -0.1) is 0 Å². The van der Waals surface area contributed by atoms with Gasteiger partial charge in [-0.2, -0.15) is 8.42 Å². The normalized spacial score (nSPS) is 11.2. The molecule has 0 aromatic carbocycles. The maximum Gasteiger partial charge on any atom is 0.304 e. The highest BCUT2D eigenvalue weighted by Crippen LogP contribution is 1.93. The van der Waals surface area contributed by atoms with Crippen molar-refractivity contribution in [1.82, 2.24) is 0 Å². The van der Waals surface area contributed by atoms with E-state index in [1.54, 1.807) is 0 Å². The Labute approximate surface area is 52.1 Å². The Morgan fingerprint density at radius 3 is 2.11 bits per heavy atom. The van der Waals surface area contributed by atoms with Gasteiger partial charge in [0.2, 0.25) is 0 Å². The topological polar surface area (TPSA) is 91.7 Å². The molecule has 0 amide bonds. The van der Waals surface area contributed by atoms with Gasteiger partial charge in [0.05, 0.1) is 6.42 Å². The van der Waals surface area contributed by atoms with E-state index in [4.69, 9.17) is 9.66 Å². The lowest BCUT2D eigenvalue weighted by molar-refractivity contribution is -0.136. The minimum atomic E-state index is -4.23. The summed E-state index contributed by atoms with van der Waals surface area (Å²) in [4.78, 5) is 9.64. The molecule has 0 heterocycles. The van der Waals surface area contributed by atoms with E-state index in [9.17, 15) is 13.2 Å². The van der Waals surface area contributed by atoms with Crippen LogP contribution in [0, 0.1) is 5.75 Å². The van der Waals surface area contributed by atoms with Crippen molar-refractivity contribution in [1.29, 1.82) is 0 Å². The molecular formula is C3H5O5S. The van der Waals surface area contributed by atoms with Crippen LogP contribution in [0.5, 0.6) is 0 Å². The Kier molecular flexibility index (Phi) is 2.60. The van der Waals surface area contributed by atoms with Crippen molar-refractivity contribution in [3.8, 4) is 0 Å². The van der Waals surface area contributed by atoms with Crippen LogP contribution in [0.4, 0.5) is 0 Å². The first kappa shape index (κ1) is 8.38. The molecule has 0 saturated carbocycles. The summed E-state index contributed by atoms with van der Waals surface area (Å²) in [5, 5.41) is 7.87. The van der Waals surface area contributed by atoms with Crippen molar-refractivity contribution < 1.29 is 22.9 Å². The SMILES string of the molecule is O=C(O)C[CH]S(=O)(=O)O. The molecule has 0 spiro atoms. The van der Waals surface area contributed by atoms with E-state index in [-0.39, 0.29) is 0 Å². The summed E-state index contributed by atoms with van der Waals surface area (Å²) in [5.74, 6) is -0.984. The van der Waals surface area contributed by atoms with Gasteiger partial charge in [-0.3, -0.25) is 9.35 Å². The van der Waals surface area contributed by atoms with Crippen LogP contribution in [0.2, 0.25) is 0 Å². The summed E-state index contributed by atoms with van der Waals surface area (Å²) < 4.78 is 27.5. The minimum Gasteiger partial charge on any atom is -0.481 e. The zero-order valence-electron chi connectivity index (χ0n) is 4.31. The van der Waals surface area contributed by atoms with Crippen LogP contribution in [0.15, 0.2) is 0 Å². The number of rotatable bonds is 3. The van der Waals surface area contributed by atoms with Gasteiger partial charge in [0.15, 0.2) is 0 Å². The van der Waals surface area contributed by atoms with E-state index in [2.05, 4.69) is 0 Å². The van der Waals surface area contributed by atoms with E-state index in [0.29, 0.717) is 5.75 Å². The molecule has 0 aliphatic rings. The van der Waals surface area contributed by atoms with Crippen molar-refractivity contribution in [2.24, 2.45) is 0 Å². The van der Waals surface area contributed by atoms with E-state index in [0.717, 1.165) is 0 Å². The Balaban J connectivity index is 3.67. The van der Waals surface area contributed by atoms with Gasteiger partial charge in [-0.05, 0) is 0 Å². The molecule has 5 nitrogen and oxygen atoms in total. The molecule has 1 radical (unpaired) electrons. The van der Waals surface area contributed by atoms with E-state index >= 15 is 0 Å². The Morgan fingerprint density at radius 2 is 2.00 bits per heavy atom. The first-order valence-electron chi connectivity index (χ1n) is 1.94. The van der Waals surface area contributed by atoms with Crippen molar-refractivity contribution in [3.63, 3.8) is 0 Å². The number of hydrogen-bond donors (Lipinski definition) is 2. The number of carbonyl (C=O) groups is 1. The van der Waals surface area contributed by atoms with Gasteiger partial charge >= 0.3 is 5.97 Å². The Bertz CT molecular complexity index is 190. The standard InChI is InChI=1S/C3H5O5S/c4-3(5)1-2-9(6,7)8/h2H,1H2,(H,4,5)(H,6,7,8). The molecule has 0 aromatic heterocycles. The van der Waals surface area contributed by atoms with Crippen LogP contribution in [0.3, 0.4) is 0 Å². The maximum absolute atomic E-state index is 9.77. The Hall–Kier alpha value is -0.620. The quantitative estimate of drug-likeness (QED) is 0.534. The third-order valence-electron chi connectivity index (χ3n) is 0.469. The largest absolute Gasteiger partial charge is 0.481 e. The molecule has 0 aliphatic carbocycles. The molecule has 0 fully saturated rings. The van der Waals surface area contributed by atoms with Crippen LogP contribution >= 0.6 is 0 Å². The average Bonchev–Trinajstić information content (AvgIpc) is 1.59. The number of carboxylic acids is 1. The smallest absolute Gasteiger partial charge is 0.304 e. The fraction of sp³-hybridized carbons (Fsp3) is 0.333. The molecule has 0 bridgehead atoms. The third-order valence-corrected chi connectivity index (χ3v) is 1.06. The molecule has 6 heteroatoms. The zero-order valence-corrected chi connectivity index (χ0v) is 5.13. The molecule has 0 aromatic rings. The molecule has 2 N–H and O–H groups in total. The van der Waals surface area contributed by atoms with Gasteiger partial charge in [0, 0.05) is 0 Å². The van der Waals surface area contributed by atoms with Crippen molar-refractivity contribution in [3.05, 3.63) is 5.75 Å². The van der Waals surface area contributed by atoms with Gasteiger partial charge < -0.3 is 5.11 Å². The van der Waals surface area contributed by atoms with Crippen LogP contribution < -0.4 is 0 Å². The summed E-state index contributed by atoms with van der Waals surface area (Å²) in [7, 11) is -4.23. The van der Waals surface area contributed by atoms with Crippen LogP contribution in [0.25, 0.3) is 0 Å². The van der Waals surface area contributed by atoms with Crippen molar-refractivity contribution >= 4 is 16.1 Å². The molecular weight excluding hydrogens is 148 g/mol. The summed E-state index contributed by atoms with van der Waals surface area (Å²) in [6.45, 7) is 0. The van der Waals surface area contributed by atoms with Gasteiger partial charge in [-0.25, -0.2) is 0 Å². The van der Waals surface area contributed by atoms with Crippen LogP contribution in [-0.4, -0.2) is 24.0 Å². The van der Waals surface area contributed by atoms with Gasteiger partial charge in [-0.1, -0.05) is 0 Å². The predicted octanol–water partition coefficient (Wildman–Crippen LogP) is -0.489. The third kappa shape index (κ3) is 7.38. The zero-order chi connectivity index (χ0) is 7.49. The highest BCUT2D eigenvalue weighted by atomic mass is 32.2. The monoisotopic (exact) mass is 153 g/mol. The lowest BCUT2D eigenvalue weighted by Gasteiger charge is -1.88. The van der Waals surface area contributed by atoms with E-state index in [1.165, 1.54) is 0 Å². The first-order valence-corrected chi connectivity index (χ1v) is 3.44. The highest BCUT2D eigenvalue weighted by Gasteiger charge is 2.07. The number of hydrogen-bond acceptors (Lipinski definition) is 3. The lowest BCUT2D eigenvalue weighted by Crippen LogP contribution is -2.02. The molecule has 0 saturated heterocycles. The second-order valence-corrected chi connectivity index (χ2v) is 2.64. The maximum atomic E-state index is 9.77. The highest BCUT2D eigenvalue weighted by molar-refractivity contribution is 7.87. The summed E-state index contributed by atoms with van der Waals surface area (Å²) in [6, 6.07) is 0. The van der Waals surface area contributed by atoms with Crippen LogP contribution in [-0.2, 0) is 14.9 Å². The number of aliphatic carboxylic acids is 1. The van der Waals surface area contributed by atoms with Gasteiger partial charge in [0.1, 0.15) is 5.75 Å². The lowest BCUT2D eigenvalue weighted by atomic mass is 10.5. The second-order valence-electron chi connectivity index (χ2n) is 1.28. The summed E-state index contributed by atoms with van der Waals surface area (Å²) in [5.41, 5.74) is 0. The molecule has 0 aliphatic heterocycles. The summed E-state index contributed by atoms with van der Waals surface area (Å²) >= 11 is 0. The van der Waals surface area contributed by atoms with Crippen molar-refractivity contribution in [2.75, 3.05) is 0 Å². The predicted molar refractivity (Wildman–Crippen MR) is 28.1 cm³/mol. The first-order chi connectivity index (χ1) is 3.92. The second kappa shape index (κ2) is 2.79. The fourth-order valence-electron chi connectivity index (χ4n) is 0.177. The average molecular weight is 153 g/mol.